The maximum atomic E-state index is 11.4. The summed E-state index contributed by atoms with van der Waals surface area (Å²) in [4.78, 5) is 15.4. The van der Waals surface area contributed by atoms with Gasteiger partial charge in [-0.2, -0.15) is 0 Å². The van der Waals surface area contributed by atoms with E-state index in [9.17, 15) is 4.79 Å². The Kier molecular flexibility index (Phi) is 2.48. The van der Waals surface area contributed by atoms with Gasteiger partial charge in [0.1, 0.15) is 0 Å². The first-order chi connectivity index (χ1) is 6.77. The van der Waals surface area contributed by atoms with Crippen molar-refractivity contribution in [1.82, 2.24) is 10.3 Å². The van der Waals surface area contributed by atoms with Crippen LogP contribution in [0.4, 0.5) is 0 Å². The maximum Gasteiger partial charge on any atom is 0.223 e. The van der Waals surface area contributed by atoms with Gasteiger partial charge >= 0.3 is 0 Å². The lowest BCUT2D eigenvalue weighted by Crippen LogP contribution is -2.24. The Bertz CT molecular complexity index is 345. The molecule has 2 rings (SSSR count). The summed E-state index contributed by atoms with van der Waals surface area (Å²) < 4.78 is 0. The van der Waals surface area contributed by atoms with Crippen molar-refractivity contribution >= 4 is 5.91 Å². The summed E-state index contributed by atoms with van der Waals surface area (Å²) in [6, 6.07) is 1.95. The molecule has 1 aromatic rings. The van der Waals surface area contributed by atoms with Gasteiger partial charge < -0.3 is 5.32 Å². The Morgan fingerprint density at radius 3 is 3.07 bits per heavy atom. The van der Waals surface area contributed by atoms with Crippen molar-refractivity contribution < 1.29 is 4.79 Å². The molecule has 0 saturated heterocycles. The third kappa shape index (κ3) is 2.10. The van der Waals surface area contributed by atoms with Crippen LogP contribution in [0, 0.1) is 12.8 Å². The minimum absolute atomic E-state index is 0.196. The van der Waals surface area contributed by atoms with Gasteiger partial charge in [0.05, 0.1) is 0 Å². The van der Waals surface area contributed by atoms with Gasteiger partial charge in [0.2, 0.25) is 5.91 Å². The zero-order valence-corrected chi connectivity index (χ0v) is 8.29. The van der Waals surface area contributed by atoms with Crippen molar-refractivity contribution in [1.29, 1.82) is 0 Å². The summed E-state index contributed by atoms with van der Waals surface area (Å²) >= 11 is 0. The molecule has 0 radical (unpaired) electrons. The summed E-state index contributed by atoms with van der Waals surface area (Å²) in [6.45, 7) is 2.63. The topological polar surface area (TPSA) is 42.0 Å². The fourth-order valence-corrected chi connectivity index (χ4v) is 1.37. The van der Waals surface area contributed by atoms with Crippen LogP contribution in [0.3, 0.4) is 0 Å². The predicted octanol–water partition coefficient (Wildman–Crippen LogP) is 1.42. The van der Waals surface area contributed by atoms with Gasteiger partial charge in [-0.05, 0) is 37.0 Å². The highest BCUT2D eigenvalue weighted by Gasteiger charge is 2.29. The minimum Gasteiger partial charge on any atom is -0.352 e. The first-order valence-corrected chi connectivity index (χ1v) is 4.94. The SMILES string of the molecule is Cc1cnccc1CNC(=O)C1CC1. The Hall–Kier alpha value is -1.38. The van der Waals surface area contributed by atoms with E-state index in [4.69, 9.17) is 0 Å². The number of nitrogens with zero attached hydrogens (tertiary/aromatic N) is 1. The monoisotopic (exact) mass is 190 g/mol. The molecule has 3 heteroatoms. The molecule has 0 atom stereocenters. The third-order valence-electron chi connectivity index (χ3n) is 2.54. The average molecular weight is 190 g/mol. The van der Waals surface area contributed by atoms with Crippen LogP contribution >= 0.6 is 0 Å². The molecule has 0 bridgehead atoms. The molecule has 0 spiro atoms. The van der Waals surface area contributed by atoms with E-state index in [-0.39, 0.29) is 11.8 Å². The number of carbonyl (C=O) groups excluding carboxylic acids is 1. The second kappa shape index (κ2) is 3.78. The van der Waals surface area contributed by atoms with Gasteiger partial charge in [0.25, 0.3) is 0 Å². The highest BCUT2D eigenvalue weighted by molar-refractivity contribution is 5.80. The normalized spacial score (nSPS) is 15.2. The second-order valence-electron chi connectivity index (χ2n) is 3.79. The minimum atomic E-state index is 0.196. The molecule has 0 aliphatic heterocycles. The molecular weight excluding hydrogens is 176 g/mol. The van der Waals surface area contributed by atoms with Gasteiger partial charge in [-0.25, -0.2) is 0 Å². The van der Waals surface area contributed by atoms with Crippen molar-refractivity contribution in [3.05, 3.63) is 29.6 Å². The van der Waals surface area contributed by atoms with Crippen molar-refractivity contribution in [2.24, 2.45) is 5.92 Å². The Labute approximate surface area is 83.5 Å². The quantitative estimate of drug-likeness (QED) is 0.783. The van der Waals surface area contributed by atoms with E-state index in [1.165, 1.54) is 0 Å². The molecule has 1 saturated carbocycles. The number of hydrogen-bond donors (Lipinski definition) is 1. The summed E-state index contributed by atoms with van der Waals surface area (Å²) in [7, 11) is 0. The van der Waals surface area contributed by atoms with Crippen LogP contribution in [0.1, 0.15) is 24.0 Å². The van der Waals surface area contributed by atoms with E-state index in [0.717, 1.165) is 24.0 Å². The Morgan fingerprint density at radius 2 is 2.43 bits per heavy atom. The van der Waals surface area contributed by atoms with Crippen LogP contribution in [-0.2, 0) is 11.3 Å². The van der Waals surface area contributed by atoms with E-state index in [1.807, 2.05) is 19.2 Å². The maximum absolute atomic E-state index is 11.4. The van der Waals surface area contributed by atoms with Crippen molar-refractivity contribution in [3.63, 3.8) is 0 Å². The smallest absolute Gasteiger partial charge is 0.223 e. The number of nitrogens with one attached hydrogen (secondary N) is 1. The number of rotatable bonds is 3. The van der Waals surface area contributed by atoms with Gasteiger partial charge in [-0.1, -0.05) is 0 Å². The van der Waals surface area contributed by atoms with E-state index in [1.54, 1.807) is 6.20 Å². The predicted molar refractivity (Wildman–Crippen MR) is 53.5 cm³/mol. The van der Waals surface area contributed by atoms with Gasteiger partial charge in [0.15, 0.2) is 0 Å². The Morgan fingerprint density at radius 1 is 1.64 bits per heavy atom. The third-order valence-corrected chi connectivity index (χ3v) is 2.54. The summed E-state index contributed by atoms with van der Waals surface area (Å²) in [5.74, 6) is 0.485. The fourth-order valence-electron chi connectivity index (χ4n) is 1.37. The molecule has 1 amide bonds. The average Bonchev–Trinajstić information content (AvgIpc) is 2.99. The number of aryl methyl sites for hydroxylation is 1. The lowest BCUT2D eigenvalue weighted by atomic mass is 10.1. The molecule has 1 aromatic heterocycles. The summed E-state index contributed by atoms with van der Waals surface area (Å²) in [5, 5.41) is 2.94. The van der Waals surface area contributed by atoms with E-state index in [0.29, 0.717) is 6.54 Å². The highest BCUT2D eigenvalue weighted by atomic mass is 16.2. The summed E-state index contributed by atoms with van der Waals surface area (Å²) in [5.41, 5.74) is 2.28. The van der Waals surface area contributed by atoms with E-state index >= 15 is 0 Å². The van der Waals surface area contributed by atoms with E-state index < -0.39 is 0 Å². The number of pyridine rings is 1. The molecule has 3 nitrogen and oxygen atoms in total. The highest BCUT2D eigenvalue weighted by Crippen LogP contribution is 2.28. The molecule has 1 aliphatic carbocycles. The molecule has 1 aliphatic rings. The molecule has 0 unspecified atom stereocenters. The molecule has 0 aromatic carbocycles. The zero-order valence-electron chi connectivity index (χ0n) is 8.29. The molecule has 14 heavy (non-hydrogen) atoms. The first kappa shape index (κ1) is 9.19. The van der Waals surface area contributed by atoms with Crippen LogP contribution in [0.25, 0.3) is 0 Å². The molecule has 74 valence electrons. The van der Waals surface area contributed by atoms with Crippen molar-refractivity contribution in [3.8, 4) is 0 Å². The van der Waals surface area contributed by atoms with Crippen LogP contribution < -0.4 is 5.32 Å². The lowest BCUT2D eigenvalue weighted by molar-refractivity contribution is -0.122. The Balaban J connectivity index is 1.91. The molecule has 1 N–H and O–H groups in total. The first-order valence-electron chi connectivity index (χ1n) is 4.94. The van der Waals surface area contributed by atoms with Crippen LogP contribution in [0.5, 0.6) is 0 Å². The molecule has 1 fully saturated rings. The van der Waals surface area contributed by atoms with Crippen LogP contribution in [-0.4, -0.2) is 10.9 Å². The van der Waals surface area contributed by atoms with Gasteiger partial charge in [0, 0.05) is 24.9 Å². The van der Waals surface area contributed by atoms with Crippen LogP contribution in [0.15, 0.2) is 18.5 Å². The molecular formula is C11H14N2O. The summed E-state index contributed by atoms with van der Waals surface area (Å²) in [6.07, 6.45) is 5.69. The van der Waals surface area contributed by atoms with Crippen molar-refractivity contribution in [2.75, 3.05) is 0 Å². The van der Waals surface area contributed by atoms with Gasteiger partial charge in [-0.3, -0.25) is 9.78 Å². The van der Waals surface area contributed by atoms with Crippen molar-refractivity contribution in [2.45, 2.75) is 26.3 Å². The standard InChI is InChI=1S/C11H14N2O/c1-8-6-12-5-4-10(8)7-13-11(14)9-2-3-9/h4-6,9H,2-3,7H2,1H3,(H,13,14). The number of amides is 1. The fraction of sp³-hybridized carbons (Fsp3) is 0.455. The number of carbonyl (C=O) groups is 1. The van der Waals surface area contributed by atoms with Crippen LogP contribution in [0.2, 0.25) is 0 Å². The largest absolute Gasteiger partial charge is 0.352 e. The zero-order chi connectivity index (χ0) is 9.97. The molecule has 1 heterocycles. The van der Waals surface area contributed by atoms with Gasteiger partial charge in [-0.15, -0.1) is 0 Å². The second-order valence-corrected chi connectivity index (χ2v) is 3.79. The number of hydrogen-bond acceptors (Lipinski definition) is 2. The number of aromatic nitrogens is 1. The van der Waals surface area contributed by atoms with E-state index in [2.05, 4.69) is 10.3 Å². The lowest BCUT2D eigenvalue weighted by Gasteiger charge is -2.06.